The van der Waals surface area contributed by atoms with E-state index < -0.39 is 6.04 Å². The lowest BCUT2D eigenvalue weighted by atomic mass is 9.96. The smallest absolute Gasteiger partial charge is 0.338 e. The van der Waals surface area contributed by atoms with Gasteiger partial charge in [0.15, 0.2) is 0 Å². The molecule has 0 fully saturated rings. The third-order valence-corrected chi connectivity index (χ3v) is 7.10. The van der Waals surface area contributed by atoms with Crippen LogP contribution in [0.1, 0.15) is 29.7 Å². The maximum absolute atomic E-state index is 13.4. The molecular weight excluding hydrogens is 524 g/mol. The van der Waals surface area contributed by atoms with Gasteiger partial charge in [0.1, 0.15) is 12.6 Å². The number of fused-ring (bicyclic) bond motifs is 1. The second kappa shape index (κ2) is 10.5. The zero-order valence-corrected chi connectivity index (χ0v) is 21.4. The van der Waals surface area contributed by atoms with Crippen molar-refractivity contribution in [2.45, 2.75) is 30.5 Å². The summed E-state index contributed by atoms with van der Waals surface area (Å²) in [5, 5.41) is 8.69. The summed E-state index contributed by atoms with van der Waals surface area (Å²) in [6, 6.07) is 27.3. The minimum absolute atomic E-state index is 0.200. The summed E-state index contributed by atoms with van der Waals surface area (Å²) in [6.45, 7) is 2.08. The molecule has 1 aromatic heterocycles. The Morgan fingerprint density at radius 2 is 1.66 bits per heavy atom. The Balaban J connectivity index is 1.45. The normalized spacial score (nSPS) is 14.9. The average molecular weight is 547 g/mol. The van der Waals surface area contributed by atoms with Gasteiger partial charge in [0.05, 0.1) is 5.57 Å². The van der Waals surface area contributed by atoms with Gasteiger partial charge in [-0.25, -0.2) is 9.48 Å². The molecule has 0 amide bonds. The summed E-state index contributed by atoms with van der Waals surface area (Å²) in [5.74, 6) is 0.975. The minimum atomic E-state index is -0.457. The number of aromatic nitrogens is 3. The Morgan fingerprint density at radius 1 is 1.00 bits per heavy atom. The first-order chi connectivity index (χ1) is 17.1. The molecule has 0 radical (unpaired) electrons. The molecular formula is C27H23BrN4O2S. The molecule has 35 heavy (non-hydrogen) atoms. The fraction of sp³-hybridized carbons (Fsp3) is 0.148. The van der Waals surface area contributed by atoms with E-state index in [0.29, 0.717) is 22.4 Å². The van der Waals surface area contributed by atoms with Gasteiger partial charge in [-0.05, 0) is 35.7 Å². The Kier molecular flexibility index (Phi) is 7.01. The molecule has 0 aliphatic carbocycles. The van der Waals surface area contributed by atoms with Gasteiger partial charge in [0.25, 0.3) is 0 Å². The number of rotatable bonds is 7. The number of nitrogens with one attached hydrogen (secondary N) is 1. The minimum Gasteiger partial charge on any atom is -0.457 e. The van der Waals surface area contributed by atoms with Crippen molar-refractivity contribution in [3.05, 3.63) is 117 Å². The zero-order chi connectivity index (χ0) is 24.2. The molecule has 0 saturated carbocycles. The largest absolute Gasteiger partial charge is 0.457 e. The Hall–Kier alpha value is -3.36. The lowest BCUT2D eigenvalue weighted by Gasteiger charge is -2.28. The third-order valence-electron chi connectivity index (χ3n) is 5.66. The SMILES string of the molecule is CC1=C(C(=O)OCc2ccccc2)C(c2ccc(Br)cc2)n2nc(SCc3ccccc3)nc2N1. The molecule has 0 bridgehead atoms. The molecule has 1 aliphatic rings. The highest BCUT2D eigenvalue weighted by Gasteiger charge is 2.35. The van der Waals surface area contributed by atoms with Crippen molar-refractivity contribution in [1.29, 1.82) is 0 Å². The highest BCUT2D eigenvalue weighted by atomic mass is 79.9. The number of allylic oxidation sites excluding steroid dienone is 1. The monoisotopic (exact) mass is 546 g/mol. The van der Waals surface area contributed by atoms with Crippen molar-refractivity contribution in [3.8, 4) is 0 Å². The van der Waals surface area contributed by atoms with Crippen LogP contribution in [0.25, 0.3) is 0 Å². The van der Waals surface area contributed by atoms with E-state index in [1.165, 1.54) is 5.56 Å². The molecule has 1 N–H and O–H groups in total. The molecule has 8 heteroatoms. The second-order valence-electron chi connectivity index (χ2n) is 8.12. The van der Waals surface area contributed by atoms with Crippen molar-refractivity contribution < 1.29 is 9.53 Å². The molecule has 0 spiro atoms. The van der Waals surface area contributed by atoms with Gasteiger partial charge in [-0.1, -0.05) is 100 Å². The predicted octanol–water partition coefficient (Wildman–Crippen LogP) is 6.37. The quantitative estimate of drug-likeness (QED) is 0.214. The van der Waals surface area contributed by atoms with Gasteiger partial charge in [0.2, 0.25) is 11.1 Å². The third kappa shape index (κ3) is 5.33. The first kappa shape index (κ1) is 23.4. The van der Waals surface area contributed by atoms with Gasteiger partial charge >= 0.3 is 5.97 Å². The standard InChI is InChI=1S/C27H23BrN4O2S/c1-18-23(25(33)34-16-19-8-4-2-5-9-19)24(21-12-14-22(28)15-13-21)32-26(29-18)30-27(31-32)35-17-20-10-6-3-7-11-20/h2-15,24H,16-17H2,1H3,(H,29,30,31). The van der Waals surface area contributed by atoms with Gasteiger partial charge in [-0.15, -0.1) is 5.10 Å². The van der Waals surface area contributed by atoms with Crippen molar-refractivity contribution in [1.82, 2.24) is 14.8 Å². The fourth-order valence-electron chi connectivity index (χ4n) is 3.93. The van der Waals surface area contributed by atoms with E-state index in [-0.39, 0.29) is 12.6 Å². The van der Waals surface area contributed by atoms with Crippen LogP contribution in [-0.2, 0) is 21.9 Å². The van der Waals surface area contributed by atoms with Crippen LogP contribution in [0.4, 0.5) is 5.95 Å². The topological polar surface area (TPSA) is 69.0 Å². The van der Waals surface area contributed by atoms with Crippen LogP contribution in [0.3, 0.4) is 0 Å². The summed E-state index contributed by atoms with van der Waals surface area (Å²) in [6.07, 6.45) is 0. The van der Waals surface area contributed by atoms with E-state index in [1.807, 2.05) is 79.7 Å². The van der Waals surface area contributed by atoms with Crippen molar-refractivity contribution >= 4 is 39.6 Å². The lowest BCUT2D eigenvalue weighted by Crippen LogP contribution is -2.29. The molecule has 6 nitrogen and oxygen atoms in total. The summed E-state index contributed by atoms with van der Waals surface area (Å²) >= 11 is 5.06. The van der Waals surface area contributed by atoms with Crippen LogP contribution in [0, 0.1) is 0 Å². The van der Waals surface area contributed by atoms with E-state index in [0.717, 1.165) is 21.4 Å². The molecule has 4 aromatic rings. The van der Waals surface area contributed by atoms with E-state index in [2.05, 4.69) is 33.4 Å². The van der Waals surface area contributed by atoms with Gasteiger partial charge in [0, 0.05) is 15.9 Å². The number of ether oxygens (including phenoxy) is 1. The molecule has 1 atom stereocenters. The van der Waals surface area contributed by atoms with Crippen LogP contribution in [0.2, 0.25) is 0 Å². The maximum Gasteiger partial charge on any atom is 0.338 e. The molecule has 0 saturated heterocycles. The van der Waals surface area contributed by atoms with E-state index in [1.54, 1.807) is 16.4 Å². The average Bonchev–Trinajstić information content (AvgIpc) is 3.29. The van der Waals surface area contributed by atoms with Crippen LogP contribution >= 0.6 is 27.7 Å². The molecule has 2 heterocycles. The number of nitrogens with zero attached hydrogens (tertiary/aromatic N) is 3. The van der Waals surface area contributed by atoms with Crippen LogP contribution in [0.5, 0.6) is 0 Å². The van der Waals surface area contributed by atoms with Gasteiger partial charge in [-0.3, -0.25) is 0 Å². The van der Waals surface area contributed by atoms with Crippen LogP contribution in [-0.4, -0.2) is 20.7 Å². The summed E-state index contributed by atoms with van der Waals surface area (Å²) in [5.41, 5.74) is 4.27. The van der Waals surface area contributed by atoms with Crippen molar-refractivity contribution in [2.24, 2.45) is 0 Å². The van der Waals surface area contributed by atoms with Gasteiger partial charge < -0.3 is 10.1 Å². The number of hydrogen-bond donors (Lipinski definition) is 1. The highest BCUT2D eigenvalue weighted by molar-refractivity contribution is 9.10. The first-order valence-corrected chi connectivity index (χ1v) is 12.9. The zero-order valence-electron chi connectivity index (χ0n) is 19.0. The molecule has 3 aromatic carbocycles. The molecule has 1 unspecified atom stereocenters. The number of carbonyl (C=O) groups excluding carboxylic acids is 1. The number of hydrogen-bond acceptors (Lipinski definition) is 6. The van der Waals surface area contributed by atoms with E-state index in [9.17, 15) is 4.79 Å². The van der Waals surface area contributed by atoms with Crippen LogP contribution in [0.15, 0.2) is 106 Å². The number of carbonyl (C=O) groups is 1. The van der Waals surface area contributed by atoms with Gasteiger partial charge in [-0.2, -0.15) is 4.98 Å². The number of halogens is 1. The number of thioether (sulfide) groups is 1. The van der Waals surface area contributed by atoms with Crippen molar-refractivity contribution in [2.75, 3.05) is 5.32 Å². The molecule has 5 rings (SSSR count). The fourth-order valence-corrected chi connectivity index (χ4v) is 4.98. The van der Waals surface area contributed by atoms with E-state index >= 15 is 0 Å². The summed E-state index contributed by atoms with van der Waals surface area (Å²) < 4.78 is 8.47. The second-order valence-corrected chi connectivity index (χ2v) is 9.97. The Labute approximate surface area is 216 Å². The van der Waals surface area contributed by atoms with Crippen molar-refractivity contribution in [3.63, 3.8) is 0 Å². The highest BCUT2D eigenvalue weighted by Crippen LogP contribution is 2.37. The summed E-state index contributed by atoms with van der Waals surface area (Å²) in [4.78, 5) is 18.1. The predicted molar refractivity (Wildman–Crippen MR) is 141 cm³/mol. The van der Waals surface area contributed by atoms with Crippen LogP contribution < -0.4 is 5.32 Å². The lowest BCUT2D eigenvalue weighted by molar-refractivity contribution is -0.140. The number of esters is 1. The first-order valence-electron chi connectivity index (χ1n) is 11.2. The van der Waals surface area contributed by atoms with E-state index in [4.69, 9.17) is 14.8 Å². The molecule has 1 aliphatic heterocycles. The maximum atomic E-state index is 13.4. The number of anilines is 1. The Bertz CT molecular complexity index is 1360. The Morgan fingerprint density at radius 3 is 2.34 bits per heavy atom. The summed E-state index contributed by atoms with van der Waals surface area (Å²) in [7, 11) is 0. The molecule has 176 valence electrons. The number of benzene rings is 3.